The molecule has 2 N–H and O–H groups in total. The minimum atomic E-state index is -0.368. The van der Waals surface area contributed by atoms with Gasteiger partial charge in [-0.3, -0.25) is 14.2 Å². The van der Waals surface area contributed by atoms with E-state index in [1.165, 1.54) is 22.1 Å². The number of carbonyl (C=O) groups is 2. The van der Waals surface area contributed by atoms with Crippen molar-refractivity contribution in [3.63, 3.8) is 0 Å². The fourth-order valence-electron chi connectivity index (χ4n) is 3.68. The van der Waals surface area contributed by atoms with Gasteiger partial charge in [-0.15, -0.1) is 12.4 Å². The molecule has 0 radical (unpaired) electrons. The van der Waals surface area contributed by atoms with Crippen LogP contribution in [0.3, 0.4) is 0 Å². The lowest BCUT2D eigenvalue weighted by Gasteiger charge is -2.25. The lowest BCUT2D eigenvalue weighted by molar-refractivity contribution is -0.131. The number of benzene rings is 1. The Morgan fingerprint density at radius 3 is 2.25 bits per heavy atom. The van der Waals surface area contributed by atoms with E-state index in [0.29, 0.717) is 11.9 Å². The number of imidazole rings is 1. The zero-order valence-corrected chi connectivity index (χ0v) is 17.2. The van der Waals surface area contributed by atoms with Gasteiger partial charge in [0.05, 0.1) is 11.0 Å². The molecule has 0 aliphatic carbocycles. The summed E-state index contributed by atoms with van der Waals surface area (Å²) in [6.45, 7) is 0.754. The van der Waals surface area contributed by atoms with Crippen LogP contribution in [0.15, 0.2) is 23.0 Å². The Balaban J connectivity index is 0.00000280. The van der Waals surface area contributed by atoms with Crippen molar-refractivity contribution in [1.82, 2.24) is 9.24 Å². The minimum Gasteiger partial charge on any atom is -0.330 e. The summed E-state index contributed by atoms with van der Waals surface area (Å²) >= 11 is 0. The molecule has 8 heteroatoms. The van der Waals surface area contributed by atoms with Crippen LogP contribution < -0.4 is 16.4 Å². The predicted molar refractivity (Wildman–Crippen MR) is 112 cm³/mol. The number of piperidine rings is 1. The fraction of sp³-hybridized carbons (Fsp3) is 0.550. The molecule has 2 aromatic rings. The molecular formula is C20H29ClN4O3. The molecule has 1 saturated heterocycles. The largest absolute Gasteiger partial charge is 0.348 e. The Kier molecular flexibility index (Phi) is 7.83. The number of unbranched alkanes of at least 4 members (excludes halogenated alkanes) is 4. The molecule has 2 heterocycles. The number of rotatable bonds is 8. The van der Waals surface area contributed by atoms with Crippen molar-refractivity contribution >= 4 is 35.3 Å². The molecule has 0 saturated carbocycles. The molecule has 1 aliphatic rings. The van der Waals surface area contributed by atoms with Gasteiger partial charge < -0.3 is 5.73 Å². The number of fused-ring (bicyclic) bond motifs is 1. The second kappa shape index (κ2) is 9.89. The molecule has 28 heavy (non-hydrogen) atoms. The molecule has 1 aromatic heterocycles. The third-order valence-corrected chi connectivity index (χ3v) is 5.22. The summed E-state index contributed by atoms with van der Waals surface area (Å²) < 4.78 is 2.74. The molecule has 2 amide bonds. The van der Waals surface area contributed by atoms with Crippen molar-refractivity contribution in [3.8, 4) is 0 Å². The van der Waals surface area contributed by atoms with Gasteiger partial charge in [-0.2, -0.15) is 9.69 Å². The van der Waals surface area contributed by atoms with Crippen molar-refractivity contribution in [3.05, 3.63) is 34.2 Å². The molecular weight excluding hydrogens is 380 g/mol. The Morgan fingerprint density at radius 1 is 0.929 bits per heavy atom. The molecule has 3 rings (SSSR count). The Morgan fingerprint density at radius 2 is 1.57 bits per heavy atom. The van der Waals surface area contributed by atoms with Gasteiger partial charge in [0.2, 0.25) is 11.8 Å². The number of amides is 2. The summed E-state index contributed by atoms with van der Waals surface area (Å²) in [6.07, 6.45) is 7.76. The van der Waals surface area contributed by atoms with Crippen molar-refractivity contribution in [2.24, 2.45) is 12.8 Å². The number of halogens is 1. The van der Waals surface area contributed by atoms with Gasteiger partial charge in [-0.05, 0) is 49.9 Å². The zero-order chi connectivity index (χ0) is 19.4. The van der Waals surface area contributed by atoms with Gasteiger partial charge in [-0.1, -0.05) is 25.3 Å². The van der Waals surface area contributed by atoms with Crippen LogP contribution in [0.2, 0.25) is 0 Å². The van der Waals surface area contributed by atoms with E-state index >= 15 is 0 Å². The normalized spacial score (nSPS) is 14.6. The van der Waals surface area contributed by atoms with Crippen LogP contribution in [-0.2, 0) is 23.1 Å². The number of imide groups is 1. The first-order valence-electron chi connectivity index (χ1n) is 9.81. The van der Waals surface area contributed by atoms with Gasteiger partial charge in [-0.25, -0.2) is 4.79 Å². The summed E-state index contributed by atoms with van der Waals surface area (Å²) in [5, 5.41) is 1.02. The first kappa shape index (κ1) is 22.2. The topological polar surface area (TPSA) is 90.3 Å². The van der Waals surface area contributed by atoms with Crippen LogP contribution in [0.1, 0.15) is 56.9 Å². The molecule has 154 valence electrons. The number of nitrogens with zero attached hydrogens (tertiary/aromatic N) is 3. The molecule has 0 unspecified atom stereocenters. The lowest BCUT2D eigenvalue weighted by Crippen LogP contribution is -2.52. The van der Waals surface area contributed by atoms with Crippen LogP contribution in [0.4, 0.5) is 0 Å². The average molecular weight is 409 g/mol. The molecule has 0 atom stereocenters. The predicted octanol–water partition coefficient (Wildman–Crippen LogP) is 2.39. The highest BCUT2D eigenvalue weighted by Crippen LogP contribution is 2.20. The minimum absolute atomic E-state index is 0. The van der Waals surface area contributed by atoms with Gasteiger partial charge in [0.25, 0.3) is 0 Å². The van der Waals surface area contributed by atoms with E-state index in [0.717, 1.165) is 48.3 Å². The Bertz CT molecular complexity index is 887. The Labute approximate surface area is 170 Å². The van der Waals surface area contributed by atoms with Crippen LogP contribution in [0, 0.1) is 0 Å². The molecule has 1 fully saturated rings. The first-order chi connectivity index (χ1) is 13.0. The third kappa shape index (κ3) is 4.47. The number of aromatic nitrogens is 2. The van der Waals surface area contributed by atoms with Crippen LogP contribution in [0.5, 0.6) is 0 Å². The summed E-state index contributed by atoms with van der Waals surface area (Å²) in [7, 11) is 1.68. The van der Waals surface area contributed by atoms with Gasteiger partial charge in [0, 0.05) is 19.9 Å². The quantitative estimate of drug-likeness (QED) is 0.536. The molecule has 1 aromatic carbocycles. The maximum Gasteiger partial charge on any atom is 0.348 e. The van der Waals surface area contributed by atoms with Crippen LogP contribution in [0.25, 0.3) is 11.0 Å². The van der Waals surface area contributed by atoms with Crippen LogP contribution in [-0.4, -0.2) is 27.6 Å². The maximum absolute atomic E-state index is 12.7. The second-order valence-electron chi connectivity index (χ2n) is 7.24. The maximum atomic E-state index is 12.7. The fourth-order valence-corrected chi connectivity index (χ4v) is 3.68. The van der Waals surface area contributed by atoms with Crippen LogP contribution >= 0.6 is 12.4 Å². The highest BCUT2D eigenvalue weighted by Gasteiger charge is 2.31. The second-order valence-corrected chi connectivity index (χ2v) is 7.24. The number of carbonyl (C=O) groups excluding carboxylic acids is 2. The molecule has 0 bridgehead atoms. The SMILES string of the molecule is Cl.Cn1c(=O)n(N2C(=O)CCCC2=O)c2ccc(CCCCCCCN)cc21. The van der Waals surface area contributed by atoms with Crippen molar-refractivity contribution in [2.75, 3.05) is 11.6 Å². The van der Waals surface area contributed by atoms with E-state index < -0.39 is 0 Å². The van der Waals surface area contributed by atoms with E-state index in [9.17, 15) is 14.4 Å². The monoisotopic (exact) mass is 408 g/mol. The van der Waals surface area contributed by atoms with E-state index in [1.807, 2.05) is 18.2 Å². The number of hydrogen-bond acceptors (Lipinski definition) is 4. The van der Waals surface area contributed by atoms with E-state index in [1.54, 1.807) is 7.05 Å². The highest BCUT2D eigenvalue weighted by molar-refractivity contribution is 6.10. The third-order valence-electron chi connectivity index (χ3n) is 5.22. The van der Waals surface area contributed by atoms with E-state index in [-0.39, 0.29) is 42.8 Å². The lowest BCUT2D eigenvalue weighted by atomic mass is 10.0. The summed E-state index contributed by atoms with van der Waals surface area (Å²) in [5.41, 5.74) is 7.64. The van der Waals surface area contributed by atoms with Gasteiger partial charge in [0.1, 0.15) is 0 Å². The molecule has 0 spiro atoms. The number of hydrogen-bond donors (Lipinski definition) is 1. The van der Waals surface area contributed by atoms with Gasteiger partial charge in [0.15, 0.2) is 0 Å². The first-order valence-corrected chi connectivity index (χ1v) is 9.81. The van der Waals surface area contributed by atoms with E-state index in [4.69, 9.17) is 5.73 Å². The zero-order valence-electron chi connectivity index (χ0n) is 16.4. The standard InChI is InChI=1S/C20H28N4O3.ClH/c1-22-17-14-15(8-5-3-2-4-6-13-21)11-12-16(17)23(20(22)27)24-18(25)9-7-10-19(24)26;/h11-12,14H,2-10,13,21H2,1H3;1H. The van der Waals surface area contributed by atoms with E-state index in [2.05, 4.69) is 0 Å². The average Bonchev–Trinajstić information content (AvgIpc) is 2.89. The Hall–Kier alpha value is -2.12. The van der Waals surface area contributed by atoms with Crippen molar-refractivity contribution < 1.29 is 9.59 Å². The molecule has 7 nitrogen and oxygen atoms in total. The van der Waals surface area contributed by atoms with Gasteiger partial charge >= 0.3 is 5.69 Å². The smallest absolute Gasteiger partial charge is 0.330 e. The summed E-state index contributed by atoms with van der Waals surface area (Å²) in [5.74, 6) is -0.634. The highest BCUT2D eigenvalue weighted by atomic mass is 35.5. The molecule has 1 aliphatic heterocycles. The van der Waals surface area contributed by atoms with Crippen molar-refractivity contribution in [2.45, 2.75) is 57.8 Å². The van der Waals surface area contributed by atoms with Crippen molar-refractivity contribution in [1.29, 1.82) is 0 Å². The summed E-state index contributed by atoms with van der Waals surface area (Å²) in [4.78, 5) is 37.2. The number of aryl methyl sites for hydroxylation is 2. The summed E-state index contributed by atoms with van der Waals surface area (Å²) in [6, 6.07) is 5.82. The number of nitrogens with two attached hydrogens (primary N) is 1.